The van der Waals surface area contributed by atoms with Gasteiger partial charge in [-0.05, 0) is 0 Å². The van der Waals surface area contributed by atoms with Crippen LogP contribution in [0.4, 0.5) is 0 Å². The minimum absolute atomic E-state index is 0.303. The van der Waals surface area contributed by atoms with Gasteiger partial charge in [0.1, 0.15) is 0 Å². The maximum absolute atomic E-state index is 11.1. The van der Waals surface area contributed by atoms with E-state index in [1.165, 1.54) is 0 Å². The zero-order chi connectivity index (χ0) is 15.6. The van der Waals surface area contributed by atoms with Crippen LogP contribution in [-0.4, -0.2) is 30.6 Å². The Balaban J connectivity index is 2.44. The van der Waals surface area contributed by atoms with Crippen molar-refractivity contribution in [1.29, 1.82) is 5.26 Å². The van der Waals surface area contributed by atoms with Crippen LogP contribution >= 0.6 is 0 Å². The van der Waals surface area contributed by atoms with Crippen LogP contribution in [0.3, 0.4) is 0 Å². The molecule has 2 rings (SSSR count). The second-order valence-electron chi connectivity index (χ2n) is 5.32. The van der Waals surface area contributed by atoms with E-state index in [0.717, 1.165) is 22.1 Å². The molecule has 1 aromatic carbocycles. The van der Waals surface area contributed by atoms with Crippen molar-refractivity contribution in [1.82, 2.24) is 4.98 Å². The van der Waals surface area contributed by atoms with Crippen LogP contribution in [0, 0.1) is 24.2 Å². The summed E-state index contributed by atoms with van der Waals surface area (Å²) in [4.78, 5) is 15.5. The fourth-order valence-electron chi connectivity index (χ4n) is 2.15. The molecule has 0 unspecified atom stereocenters. The molecule has 4 nitrogen and oxygen atoms in total. The summed E-state index contributed by atoms with van der Waals surface area (Å²) in [6, 6.07) is 7.96. The third-order valence-electron chi connectivity index (χ3n) is 3.10. The van der Waals surface area contributed by atoms with Crippen LogP contribution in [0.2, 0.25) is 0 Å². The van der Waals surface area contributed by atoms with E-state index in [1.807, 2.05) is 18.2 Å². The Bertz CT molecular complexity index is 726. The Morgan fingerprint density at radius 2 is 2.19 bits per heavy atom. The van der Waals surface area contributed by atoms with Crippen LogP contribution in [-0.2, 0) is 6.42 Å². The molecule has 0 aliphatic rings. The van der Waals surface area contributed by atoms with Gasteiger partial charge in [-0.1, -0.05) is 0 Å². The van der Waals surface area contributed by atoms with Crippen LogP contribution in [0.25, 0.3) is 10.1 Å². The number of aromatic nitrogens is 1. The van der Waals surface area contributed by atoms with Crippen LogP contribution in [0.5, 0.6) is 0 Å². The van der Waals surface area contributed by atoms with Crippen molar-refractivity contribution in [2.75, 3.05) is 0 Å². The quantitative estimate of drug-likeness (QED) is 0.863. The number of hydrogen-bond acceptors (Lipinski definition) is 3. The number of carboxylic acids is 1. The van der Waals surface area contributed by atoms with Gasteiger partial charge in [-0.3, -0.25) is 0 Å². The van der Waals surface area contributed by atoms with Crippen molar-refractivity contribution >= 4 is 20.5 Å². The summed E-state index contributed by atoms with van der Waals surface area (Å²) < 4.78 is 1.17. The van der Waals surface area contributed by atoms with E-state index in [9.17, 15) is 10.1 Å². The normalized spacial score (nSPS) is 10.6. The van der Waals surface area contributed by atoms with Gasteiger partial charge in [-0.15, -0.1) is 0 Å². The molecule has 21 heavy (non-hydrogen) atoms. The Morgan fingerprint density at radius 1 is 1.48 bits per heavy atom. The fraction of sp³-hybridized carbons (Fsp3) is 0.312. The Kier molecular flexibility index (Phi) is 4.62. The van der Waals surface area contributed by atoms with Crippen molar-refractivity contribution in [3.63, 3.8) is 0 Å². The Hall–Kier alpha value is -1.89. The molecular weight excluding hydrogens is 331 g/mol. The zero-order valence-corrected chi connectivity index (χ0v) is 13.9. The summed E-state index contributed by atoms with van der Waals surface area (Å²) in [6.07, 6.45) is 0.860. The number of carboxylic acid groups (broad SMARTS) is 1. The van der Waals surface area contributed by atoms with Gasteiger partial charge in [-0.25, -0.2) is 0 Å². The second kappa shape index (κ2) is 6.26. The summed E-state index contributed by atoms with van der Waals surface area (Å²) >= 11 is -0.303. The first-order chi connectivity index (χ1) is 9.92. The molecule has 5 heteroatoms. The number of benzene rings is 1. The standard InChI is InChI=1S/C16H16N2O2Se/c1-9(2)6-11-4-5-12(7-13(11)8-17)15-18-10(3)14(21-15)16(19)20/h4-5,7,9H,6H2,1-3H3,(H,19,20). The van der Waals surface area contributed by atoms with Gasteiger partial charge < -0.3 is 0 Å². The monoisotopic (exact) mass is 348 g/mol. The molecular formula is C16H16N2O2Se. The topological polar surface area (TPSA) is 74.0 Å². The van der Waals surface area contributed by atoms with Crippen LogP contribution in [0.1, 0.15) is 39.9 Å². The third-order valence-corrected chi connectivity index (χ3v) is 5.60. The predicted molar refractivity (Wildman–Crippen MR) is 81.6 cm³/mol. The van der Waals surface area contributed by atoms with Gasteiger partial charge in [-0.2, -0.15) is 0 Å². The number of rotatable bonds is 4. The molecule has 0 saturated heterocycles. The van der Waals surface area contributed by atoms with E-state index in [4.69, 9.17) is 5.11 Å². The molecule has 0 saturated carbocycles. The molecule has 1 heterocycles. The number of nitrogens with zero attached hydrogens (tertiary/aromatic N) is 2. The molecule has 0 spiro atoms. The average molecular weight is 347 g/mol. The molecule has 2 aromatic rings. The average Bonchev–Trinajstić information content (AvgIpc) is 2.81. The fourth-order valence-corrected chi connectivity index (χ4v) is 4.04. The number of hydrogen-bond donors (Lipinski definition) is 1. The van der Waals surface area contributed by atoms with E-state index >= 15 is 0 Å². The minimum atomic E-state index is -0.900. The first kappa shape index (κ1) is 15.5. The van der Waals surface area contributed by atoms with E-state index in [-0.39, 0.29) is 14.5 Å². The van der Waals surface area contributed by atoms with Gasteiger partial charge in [0.15, 0.2) is 0 Å². The van der Waals surface area contributed by atoms with Gasteiger partial charge >= 0.3 is 129 Å². The van der Waals surface area contributed by atoms with Crippen LogP contribution in [0.15, 0.2) is 18.2 Å². The maximum atomic E-state index is 11.1. The molecule has 0 amide bonds. The SMILES string of the molecule is Cc1nc(-c2ccc(CC(C)C)c(C#N)c2)[se]c1C(=O)O. The Morgan fingerprint density at radius 3 is 2.71 bits per heavy atom. The van der Waals surface area contributed by atoms with Crippen LogP contribution < -0.4 is 0 Å². The van der Waals surface area contributed by atoms with E-state index < -0.39 is 5.97 Å². The molecule has 0 bridgehead atoms. The molecule has 0 aliphatic carbocycles. The van der Waals surface area contributed by atoms with E-state index in [0.29, 0.717) is 21.6 Å². The zero-order valence-electron chi connectivity index (χ0n) is 12.2. The van der Waals surface area contributed by atoms with Crippen molar-refractivity contribution in [3.8, 4) is 16.2 Å². The molecule has 0 aliphatic heterocycles. The van der Waals surface area contributed by atoms with Crippen molar-refractivity contribution < 1.29 is 9.90 Å². The molecule has 108 valence electrons. The van der Waals surface area contributed by atoms with Crippen molar-refractivity contribution in [2.24, 2.45) is 5.92 Å². The Labute approximate surface area is 129 Å². The van der Waals surface area contributed by atoms with Crippen molar-refractivity contribution in [2.45, 2.75) is 27.2 Å². The van der Waals surface area contributed by atoms with Gasteiger partial charge in [0.25, 0.3) is 0 Å². The molecule has 0 fully saturated rings. The summed E-state index contributed by atoms with van der Waals surface area (Å²) in [6.45, 7) is 5.95. The predicted octanol–water partition coefficient (Wildman–Crippen LogP) is 2.88. The summed E-state index contributed by atoms with van der Waals surface area (Å²) in [5.41, 5.74) is 3.11. The first-order valence-corrected chi connectivity index (χ1v) is 8.37. The third kappa shape index (κ3) is 3.41. The summed E-state index contributed by atoms with van der Waals surface area (Å²) in [5, 5.41) is 18.4. The number of carbonyl (C=O) groups is 1. The first-order valence-electron chi connectivity index (χ1n) is 6.66. The molecule has 1 aromatic heterocycles. The second-order valence-corrected chi connectivity index (χ2v) is 7.42. The summed E-state index contributed by atoms with van der Waals surface area (Å²) in [7, 11) is 0. The number of aromatic carboxylic acids is 1. The molecule has 1 N–H and O–H groups in total. The van der Waals surface area contributed by atoms with E-state index in [2.05, 4.69) is 24.9 Å². The molecule has 0 radical (unpaired) electrons. The van der Waals surface area contributed by atoms with Gasteiger partial charge in [0.05, 0.1) is 0 Å². The van der Waals surface area contributed by atoms with Gasteiger partial charge in [0, 0.05) is 0 Å². The van der Waals surface area contributed by atoms with E-state index in [1.54, 1.807) is 6.92 Å². The number of nitriles is 1. The number of aryl methyl sites for hydroxylation is 1. The molecule has 0 atom stereocenters. The van der Waals surface area contributed by atoms with Crippen molar-refractivity contribution in [3.05, 3.63) is 39.5 Å². The van der Waals surface area contributed by atoms with Gasteiger partial charge in [0.2, 0.25) is 0 Å². The summed E-state index contributed by atoms with van der Waals surface area (Å²) in [5.74, 6) is -0.415.